The third kappa shape index (κ3) is 5.13. The first kappa shape index (κ1) is 23.1. The summed E-state index contributed by atoms with van der Waals surface area (Å²) in [5.74, 6) is -1.54. The van der Waals surface area contributed by atoms with E-state index >= 15 is 0 Å². The topological polar surface area (TPSA) is 74.4 Å². The number of hydrogen-bond acceptors (Lipinski definition) is 6. The molecule has 0 spiro atoms. The van der Waals surface area contributed by atoms with Crippen molar-refractivity contribution in [1.29, 1.82) is 0 Å². The van der Waals surface area contributed by atoms with Gasteiger partial charge in [-0.3, -0.25) is 0 Å². The number of carbonyl (C=O) groups is 1. The van der Waals surface area contributed by atoms with Crippen LogP contribution in [-0.2, 0) is 22.4 Å². The molecule has 0 bridgehead atoms. The van der Waals surface area contributed by atoms with Gasteiger partial charge in [-0.1, -0.05) is 18.2 Å². The largest absolute Gasteiger partial charge is 0.493 e. The minimum absolute atomic E-state index is 0.324. The first-order valence-electron chi connectivity index (χ1n) is 10.5. The van der Waals surface area contributed by atoms with Crippen LogP contribution in [0.15, 0.2) is 36.4 Å². The van der Waals surface area contributed by atoms with Gasteiger partial charge >= 0.3 is 12.1 Å². The van der Waals surface area contributed by atoms with Gasteiger partial charge in [-0.25, -0.2) is 9.78 Å². The average Bonchev–Trinajstić information content (AvgIpc) is 3.32. The van der Waals surface area contributed by atoms with Gasteiger partial charge in [-0.05, 0) is 61.6 Å². The summed E-state index contributed by atoms with van der Waals surface area (Å²) in [7, 11) is 0. The lowest BCUT2D eigenvalue weighted by Crippen LogP contribution is -2.26. The summed E-state index contributed by atoms with van der Waals surface area (Å²) in [6.45, 7) is 4.39. The van der Waals surface area contributed by atoms with Gasteiger partial charge in [0.1, 0.15) is 16.9 Å². The van der Waals surface area contributed by atoms with Crippen LogP contribution in [0.1, 0.15) is 39.8 Å². The molecule has 0 saturated carbocycles. The molecule has 0 radical (unpaired) electrons. The number of carbonyl (C=O) groups excluding carboxylic acids is 1. The number of halogens is 3. The van der Waals surface area contributed by atoms with Crippen molar-refractivity contribution in [2.75, 3.05) is 12.3 Å². The molecule has 174 valence electrons. The molecule has 1 aliphatic rings. The van der Waals surface area contributed by atoms with Crippen molar-refractivity contribution in [2.24, 2.45) is 0 Å². The van der Waals surface area contributed by atoms with Crippen LogP contribution in [0.4, 0.5) is 18.9 Å². The zero-order chi connectivity index (χ0) is 23.8. The third-order valence-corrected chi connectivity index (χ3v) is 6.71. The zero-order valence-corrected chi connectivity index (χ0v) is 19.0. The number of esters is 1. The normalized spacial score (nSPS) is 15.4. The van der Waals surface area contributed by atoms with Crippen molar-refractivity contribution in [1.82, 2.24) is 4.98 Å². The fourth-order valence-electron chi connectivity index (χ4n) is 3.79. The van der Waals surface area contributed by atoms with Gasteiger partial charge < -0.3 is 15.2 Å². The van der Waals surface area contributed by atoms with Gasteiger partial charge in [0.15, 0.2) is 0 Å². The molecule has 1 unspecified atom stereocenters. The second kappa shape index (κ2) is 9.05. The Labute approximate surface area is 193 Å². The van der Waals surface area contributed by atoms with E-state index in [1.807, 2.05) is 32.0 Å². The smallest absolute Gasteiger partial charge is 0.490 e. The summed E-state index contributed by atoms with van der Waals surface area (Å²) in [5.41, 5.74) is 11.1. The van der Waals surface area contributed by atoms with Crippen LogP contribution in [0.5, 0.6) is 5.75 Å². The van der Waals surface area contributed by atoms with E-state index in [-0.39, 0.29) is 0 Å². The van der Waals surface area contributed by atoms with Crippen LogP contribution in [0.25, 0.3) is 10.6 Å². The Balaban J connectivity index is 1.37. The van der Waals surface area contributed by atoms with E-state index in [0.29, 0.717) is 37.2 Å². The minimum Gasteiger partial charge on any atom is -0.493 e. The number of fused-ring (bicyclic) bond motifs is 1. The third-order valence-electron chi connectivity index (χ3n) is 5.64. The zero-order valence-electron chi connectivity index (χ0n) is 18.2. The highest BCUT2D eigenvalue weighted by atomic mass is 32.1. The Morgan fingerprint density at radius 2 is 2.00 bits per heavy atom. The highest BCUT2D eigenvalue weighted by Gasteiger charge is 2.43. The van der Waals surface area contributed by atoms with Crippen molar-refractivity contribution in [3.8, 4) is 16.3 Å². The molecule has 1 atom stereocenters. The van der Waals surface area contributed by atoms with Crippen molar-refractivity contribution < 1.29 is 27.4 Å². The van der Waals surface area contributed by atoms with Crippen molar-refractivity contribution in [3.05, 3.63) is 63.7 Å². The van der Waals surface area contributed by atoms with E-state index in [0.717, 1.165) is 38.0 Å². The highest BCUT2D eigenvalue weighted by Crippen LogP contribution is 2.37. The molecule has 3 aromatic rings. The number of hydrogen-bond donors (Lipinski definition) is 1. The maximum Gasteiger partial charge on any atom is 0.490 e. The lowest BCUT2D eigenvalue weighted by atomic mass is 10.1. The number of thiazole rings is 1. The van der Waals surface area contributed by atoms with Crippen molar-refractivity contribution in [2.45, 2.75) is 45.4 Å². The minimum atomic E-state index is -4.99. The number of alkyl halides is 3. The van der Waals surface area contributed by atoms with Crippen LogP contribution in [0.2, 0.25) is 0 Å². The Hall–Kier alpha value is -3.07. The van der Waals surface area contributed by atoms with Gasteiger partial charge in [0.05, 0.1) is 12.3 Å². The Morgan fingerprint density at radius 1 is 1.21 bits per heavy atom. The number of rotatable bonds is 6. The van der Waals surface area contributed by atoms with E-state index in [2.05, 4.69) is 4.74 Å². The monoisotopic (exact) mass is 476 g/mol. The summed E-state index contributed by atoms with van der Waals surface area (Å²) >= 11 is 1.61. The summed E-state index contributed by atoms with van der Waals surface area (Å²) < 4.78 is 47.9. The lowest BCUT2D eigenvalue weighted by molar-refractivity contribution is -0.205. The first-order chi connectivity index (χ1) is 15.6. The van der Waals surface area contributed by atoms with Crippen LogP contribution < -0.4 is 10.5 Å². The van der Waals surface area contributed by atoms with Gasteiger partial charge in [-0.15, -0.1) is 11.3 Å². The first-order valence-corrected chi connectivity index (χ1v) is 11.3. The number of nitrogens with zero attached hydrogens (tertiary/aromatic N) is 1. The summed E-state index contributed by atoms with van der Waals surface area (Å²) in [6, 6.07) is 11.1. The van der Waals surface area contributed by atoms with Crippen LogP contribution in [0, 0.1) is 13.8 Å². The van der Waals surface area contributed by atoms with Crippen LogP contribution in [0.3, 0.4) is 0 Å². The Bertz CT molecular complexity index is 1190. The van der Waals surface area contributed by atoms with Crippen LogP contribution in [-0.4, -0.2) is 23.7 Å². The molecule has 2 N–H and O–H groups in total. The van der Waals surface area contributed by atoms with Crippen molar-refractivity contribution in [3.63, 3.8) is 0 Å². The molecule has 5 nitrogen and oxygen atoms in total. The fourth-order valence-corrected chi connectivity index (χ4v) is 4.74. The molecule has 0 saturated heterocycles. The molecule has 33 heavy (non-hydrogen) atoms. The molecule has 0 amide bonds. The summed E-state index contributed by atoms with van der Waals surface area (Å²) in [5, 5.41) is 0.908. The lowest BCUT2D eigenvalue weighted by Gasteiger charge is -2.15. The maximum atomic E-state index is 12.5. The van der Waals surface area contributed by atoms with Gasteiger partial charge in [0.2, 0.25) is 0 Å². The maximum absolute atomic E-state index is 12.5. The molecule has 4 rings (SSSR count). The molecular formula is C24H23F3N2O3S. The number of anilines is 1. The molecule has 2 aromatic carbocycles. The molecule has 1 aromatic heterocycles. The van der Waals surface area contributed by atoms with E-state index in [9.17, 15) is 18.0 Å². The average molecular weight is 477 g/mol. The van der Waals surface area contributed by atoms with Gasteiger partial charge in [-0.2, -0.15) is 13.2 Å². The summed E-state index contributed by atoms with van der Waals surface area (Å²) in [4.78, 5) is 17.0. The quantitative estimate of drug-likeness (QED) is 0.364. The molecule has 1 heterocycles. The SMILES string of the molecule is Cc1ccc(-c2nc(CCOc3ccc4c(c3)CCC4OC(=O)C(F)(F)F)c(C)s2)cc1N. The highest BCUT2D eigenvalue weighted by molar-refractivity contribution is 7.15. The van der Waals surface area contributed by atoms with E-state index in [1.54, 1.807) is 29.5 Å². The van der Waals surface area contributed by atoms with Gasteiger partial charge in [0.25, 0.3) is 0 Å². The van der Waals surface area contributed by atoms with Gasteiger partial charge in [0, 0.05) is 22.5 Å². The fraction of sp³-hybridized carbons (Fsp3) is 0.333. The molecular weight excluding hydrogens is 453 g/mol. The number of aromatic nitrogens is 1. The number of nitrogen functional groups attached to an aromatic ring is 1. The predicted molar refractivity (Wildman–Crippen MR) is 120 cm³/mol. The van der Waals surface area contributed by atoms with Crippen molar-refractivity contribution >= 4 is 23.0 Å². The molecule has 9 heteroatoms. The van der Waals surface area contributed by atoms with E-state index in [1.165, 1.54) is 0 Å². The standard InChI is InChI=1S/C24H23F3N2O3S/c1-13-3-4-16(12-19(13)28)22-29-20(14(2)33-22)9-10-31-17-6-7-18-15(11-17)5-8-21(18)32-23(30)24(25,26)27/h3-4,6-7,11-12,21H,5,8-10,28H2,1-2H3. The summed E-state index contributed by atoms with van der Waals surface area (Å²) in [6.07, 6.45) is -4.41. The second-order valence-corrected chi connectivity index (χ2v) is 9.19. The van der Waals surface area contributed by atoms with Crippen LogP contribution >= 0.6 is 11.3 Å². The molecule has 0 aliphatic heterocycles. The number of aryl methyl sites for hydroxylation is 3. The van der Waals surface area contributed by atoms with E-state index < -0.39 is 18.2 Å². The Morgan fingerprint density at radius 3 is 2.73 bits per heavy atom. The van der Waals surface area contributed by atoms with E-state index in [4.69, 9.17) is 15.5 Å². The second-order valence-electron chi connectivity index (χ2n) is 7.98. The number of ether oxygens (including phenoxy) is 2. The number of nitrogens with two attached hydrogens (primary N) is 1. The number of benzene rings is 2. The Kier molecular flexibility index (Phi) is 6.34. The molecule has 0 fully saturated rings. The molecule has 1 aliphatic carbocycles. The predicted octanol–water partition coefficient (Wildman–Crippen LogP) is 5.72.